The Kier molecular flexibility index (Phi) is 3.52. The summed E-state index contributed by atoms with van der Waals surface area (Å²) < 4.78 is 23.3. The van der Waals surface area contributed by atoms with Crippen molar-refractivity contribution in [2.24, 2.45) is 5.92 Å². The van der Waals surface area contributed by atoms with E-state index < -0.39 is 12.7 Å². The van der Waals surface area contributed by atoms with Crippen LogP contribution >= 0.6 is 0 Å². The monoisotopic (exact) mass is 263 g/mol. The molecule has 2 aliphatic carbocycles. The summed E-state index contributed by atoms with van der Waals surface area (Å²) in [7, 11) is 0. The molecule has 0 aromatic heterocycles. The summed E-state index contributed by atoms with van der Waals surface area (Å²) in [4.78, 5) is 24.2. The maximum Gasteiger partial charge on any atom is 0.156 e. The van der Waals surface area contributed by atoms with Crippen LogP contribution in [0, 0.1) is 5.92 Å². The zero-order valence-electron chi connectivity index (χ0n) is 14.6. The molecule has 0 bridgehead atoms. The first-order chi connectivity index (χ1) is 10.5. The van der Waals surface area contributed by atoms with Gasteiger partial charge in [-0.15, -0.1) is 0 Å². The number of Topliss-reactive ketones (excluding diaryl/α,β-unsaturated/α-hetero) is 2. The van der Waals surface area contributed by atoms with Gasteiger partial charge in [0, 0.05) is 15.6 Å². The molecular weight excluding hydrogens is 236 g/mol. The van der Waals surface area contributed by atoms with Crippen LogP contribution in [0.3, 0.4) is 0 Å². The average molecular weight is 263 g/mol. The summed E-state index contributed by atoms with van der Waals surface area (Å²) in [5, 5.41) is 0. The van der Waals surface area contributed by atoms with E-state index in [1.165, 1.54) is 0 Å². The highest BCUT2D eigenvalue weighted by molar-refractivity contribution is 5.95. The van der Waals surface area contributed by atoms with Crippen molar-refractivity contribution < 1.29 is 13.7 Å². The van der Waals surface area contributed by atoms with Gasteiger partial charge in [0.1, 0.15) is 5.78 Å². The molecule has 104 valence electrons. The Morgan fingerprint density at radius 1 is 1.47 bits per heavy atom. The highest BCUT2D eigenvalue weighted by Gasteiger charge is 2.29. The van der Waals surface area contributed by atoms with Crippen molar-refractivity contribution in [1.29, 1.82) is 0 Å². The van der Waals surface area contributed by atoms with Crippen LogP contribution in [-0.2, 0) is 9.59 Å². The van der Waals surface area contributed by atoms with Crippen LogP contribution < -0.4 is 0 Å². The van der Waals surface area contributed by atoms with E-state index >= 15 is 0 Å². The van der Waals surface area contributed by atoms with Gasteiger partial charge in [0.15, 0.2) is 5.78 Å². The maximum absolute atomic E-state index is 12.1. The van der Waals surface area contributed by atoms with Gasteiger partial charge in [-0.1, -0.05) is 25.0 Å². The van der Waals surface area contributed by atoms with Crippen molar-refractivity contribution in [1.82, 2.24) is 0 Å². The summed E-state index contributed by atoms with van der Waals surface area (Å²) >= 11 is 0. The van der Waals surface area contributed by atoms with Crippen LogP contribution in [0.15, 0.2) is 22.8 Å². The molecule has 0 spiro atoms. The van der Waals surface area contributed by atoms with E-state index in [1.807, 2.05) is 0 Å². The molecular formula is C17H24O2. The zero-order valence-corrected chi connectivity index (χ0v) is 11.6. The number of rotatable bonds is 4. The van der Waals surface area contributed by atoms with E-state index in [1.54, 1.807) is 0 Å². The van der Waals surface area contributed by atoms with Crippen LogP contribution in [0.5, 0.6) is 0 Å². The lowest BCUT2D eigenvalue weighted by Crippen LogP contribution is -2.11. The predicted octanol–water partition coefficient (Wildman–Crippen LogP) is 4.15. The molecule has 0 heterocycles. The minimum Gasteiger partial charge on any atom is -0.300 e. The quantitative estimate of drug-likeness (QED) is 0.763. The highest BCUT2D eigenvalue weighted by Crippen LogP contribution is 2.38. The fourth-order valence-electron chi connectivity index (χ4n) is 2.98. The highest BCUT2D eigenvalue weighted by atomic mass is 16.1. The first-order valence-electron chi connectivity index (χ1n) is 8.93. The molecule has 0 amide bonds. The van der Waals surface area contributed by atoms with Crippen LogP contribution in [0.25, 0.3) is 0 Å². The van der Waals surface area contributed by atoms with Crippen molar-refractivity contribution in [3.63, 3.8) is 0 Å². The molecule has 2 aliphatic rings. The van der Waals surface area contributed by atoms with E-state index in [4.69, 9.17) is 4.11 Å². The summed E-state index contributed by atoms with van der Waals surface area (Å²) in [6, 6.07) is 0.424. The molecule has 2 heteroatoms. The number of unbranched alkanes of at least 4 members (excludes halogenated alkanes) is 1. The van der Waals surface area contributed by atoms with Crippen molar-refractivity contribution in [2.75, 3.05) is 0 Å². The lowest BCUT2D eigenvalue weighted by molar-refractivity contribution is -0.119. The lowest BCUT2D eigenvalue weighted by atomic mass is 9.86. The van der Waals surface area contributed by atoms with Gasteiger partial charge in [0.2, 0.25) is 0 Å². The van der Waals surface area contributed by atoms with Gasteiger partial charge < -0.3 is 0 Å². The van der Waals surface area contributed by atoms with E-state index in [9.17, 15) is 9.59 Å². The molecule has 2 rings (SSSR count). The second-order valence-corrected chi connectivity index (χ2v) is 5.57. The number of carbonyl (C=O) groups excluding carboxylic acids is 2. The first kappa shape index (κ1) is 10.6. The molecule has 19 heavy (non-hydrogen) atoms. The Hall–Kier alpha value is -1.18. The fraction of sp³-hybridized carbons (Fsp3) is 0.647. The third-order valence-corrected chi connectivity index (χ3v) is 4.10. The molecule has 2 nitrogen and oxygen atoms in total. The molecule has 0 aromatic rings. The predicted molar refractivity (Wildman–Crippen MR) is 76.9 cm³/mol. The number of carbonyl (C=O) groups is 2. The SMILES string of the molecule is [2H]/C1=C(\CCCC)CCC(=O)CC2CCC(C(=O)C([2H])[2H])=C12. The average Bonchev–Trinajstić information content (AvgIpc) is 2.87. The Morgan fingerprint density at radius 3 is 3.05 bits per heavy atom. The summed E-state index contributed by atoms with van der Waals surface area (Å²) in [5.74, 6) is -0.356. The lowest BCUT2D eigenvalue weighted by Gasteiger charge is -2.18. The van der Waals surface area contributed by atoms with Crippen LogP contribution in [0.1, 0.15) is 69.3 Å². The molecule has 0 fully saturated rings. The normalized spacial score (nSPS) is 30.5. The number of ketones is 2. The standard InChI is InChI=1S/C17H24O2/c1-3-4-5-13-6-8-15(19)11-14-7-9-16(12(2)18)17(14)10-13/h10,14H,3-9,11H2,1-2H3/b13-10-/i2D2,10D. The third-order valence-electron chi connectivity index (χ3n) is 4.10. The van der Waals surface area contributed by atoms with Crippen molar-refractivity contribution in [3.8, 4) is 0 Å². The summed E-state index contributed by atoms with van der Waals surface area (Å²) in [6.07, 6.45) is 5.51. The van der Waals surface area contributed by atoms with Gasteiger partial charge in [-0.3, -0.25) is 9.59 Å². The van der Waals surface area contributed by atoms with E-state index in [0.29, 0.717) is 49.3 Å². The van der Waals surface area contributed by atoms with E-state index in [0.717, 1.165) is 24.8 Å². The number of hydrogen-bond donors (Lipinski definition) is 0. The molecule has 0 aromatic carbocycles. The Bertz CT molecular complexity index is 532. The van der Waals surface area contributed by atoms with Gasteiger partial charge in [0.25, 0.3) is 0 Å². The molecule has 0 saturated carbocycles. The van der Waals surface area contributed by atoms with Crippen molar-refractivity contribution in [2.45, 2.75) is 65.2 Å². The number of hydrogen-bond acceptors (Lipinski definition) is 2. The molecule has 0 saturated heterocycles. The minimum atomic E-state index is -1.53. The molecule has 0 N–H and O–H groups in total. The van der Waals surface area contributed by atoms with Crippen molar-refractivity contribution in [3.05, 3.63) is 22.8 Å². The Morgan fingerprint density at radius 2 is 2.32 bits per heavy atom. The second-order valence-electron chi connectivity index (χ2n) is 5.57. The van der Waals surface area contributed by atoms with Crippen LogP contribution in [0.4, 0.5) is 0 Å². The second kappa shape index (κ2) is 6.31. The summed E-state index contributed by atoms with van der Waals surface area (Å²) in [6.45, 7) is 0.560. The Labute approximate surface area is 120 Å². The third kappa shape index (κ3) is 3.43. The zero-order chi connectivity index (χ0) is 16.3. The molecule has 1 unspecified atom stereocenters. The number of allylic oxidation sites excluding steroid dienone is 4. The van der Waals surface area contributed by atoms with E-state index in [-0.39, 0.29) is 11.7 Å². The van der Waals surface area contributed by atoms with Gasteiger partial charge in [0.05, 0.1) is 1.37 Å². The van der Waals surface area contributed by atoms with Gasteiger partial charge in [-0.2, -0.15) is 0 Å². The first-order valence-corrected chi connectivity index (χ1v) is 7.28. The van der Waals surface area contributed by atoms with Gasteiger partial charge >= 0.3 is 0 Å². The Balaban J connectivity index is 2.46. The minimum absolute atomic E-state index is 0.0605. The largest absolute Gasteiger partial charge is 0.300 e. The van der Waals surface area contributed by atoms with E-state index in [2.05, 4.69) is 6.92 Å². The number of fused-ring (bicyclic) bond motifs is 1. The topological polar surface area (TPSA) is 34.1 Å². The van der Waals surface area contributed by atoms with Gasteiger partial charge in [-0.25, -0.2) is 0 Å². The van der Waals surface area contributed by atoms with Gasteiger partial charge in [-0.05, 0) is 56.0 Å². The molecule has 1 atom stereocenters. The smallest absolute Gasteiger partial charge is 0.156 e. The fourth-order valence-corrected chi connectivity index (χ4v) is 2.98. The maximum atomic E-state index is 12.1. The van der Waals surface area contributed by atoms with Crippen molar-refractivity contribution >= 4 is 11.6 Å². The summed E-state index contributed by atoms with van der Waals surface area (Å²) in [5.41, 5.74) is 2.11. The molecule has 0 radical (unpaired) electrons. The van der Waals surface area contributed by atoms with Crippen LogP contribution in [0.2, 0.25) is 0 Å². The van der Waals surface area contributed by atoms with Crippen LogP contribution in [-0.4, -0.2) is 11.6 Å². The molecule has 0 aliphatic heterocycles.